The molecule has 7 heteroatoms. The molecular weight excluding hydrogens is 290 g/mol. The molecule has 1 amide bonds. The quantitative estimate of drug-likeness (QED) is 0.668. The van der Waals surface area contributed by atoms with Crippen molar-refractivity contribution < 1.29 is 9.72 Å². The first-order valence-electron chi connectivity index (χ1n) is 6.77. The maximum atomic E-state index is 11.5. The van der Waals surface area contributed by atoms with Gasteiger partial charge in [0.25, 0.3) is 5.69 Å². The van der Waals surface area contributed by atoms with Crippen molar-refractivity contribution in [1.82, 2.24) is 0 Å². The molecule has 1 atom stereocenters. The number of anilines is 2. The van der Waals surface area contributed by atoms with Gasteiger partial charge < -0.3 is 10.2 Å². The Kier molecular flexibility index (Phi) is 4.72. The predicted octanol–water partition coefficient (Wildman–Crippen LogP) is 2.67. The Hall–Kier alpha value is -1.76. The van der Waals surface area contributed by atoms with Crippen LogP contribution in [0.15, 0.2) is 12.1 Å². The van der Waals surface area contributed by atoms with Gasteiger partial charge in [-0.15, -0.1) is 0 Å². The number of nitrogens with one attached hydrogen (secondary N) is 1. The van der Waals surface area contributed by atoms with Crippen molar-refractivity contribution in [2.75, 3.05) is 29.3 Å². The molecule has 0 fully saturated rings. The van der Waals surface area contributed by atoms with E-state index in [4.69, 9.17) is 0 Å². The molecule has 21 heavy (non-hydrogen) atoms. The number of nitro groups is 1. The van der Waals surface area contributed by atoms with Crippen LogP contribution in [-0.4, -0.2) is 35.9 Å². The number of rotatable bonds is 5. The van der Waals surface area contributed by atoms with Gasteiger partial charge in [0.2, 0.25) is 5.91 Å². The van der Waals surface area contributed by atoms with Crippen molar-refractivity contribution in [3.05, 3.63) is 27.8 Å². The van der Waals surface area contributed by atoms with E-state index in [0.717, 1.165) is 11.3 Å². The number of hydrogen-bond donors (Lipinski definition) is 1. The highest BCUT2D eigenvalue weighted by Crippen LogP contribution is 2.36. The summed E-state index contributed by atoms with van der Waals surface area (Å²) < 4.78 is 0. The molecule has 1 aliphatic rings. The molecule has 0 bridgehead atoms. The Balaban J connectivity index is 2.45. The minimum Gasteiger partial charge on any atom is -0.365 e. The number of hydrogen-bond acceptors (Lipinski definition) is 5. The molecule has 1 N–H and O–H groups in total. The molecule has 114 valence electrons. The van der Waals surface area contributed by atoms with Crippen LogP contribution in [0, 0.1) is 10.1 Å². The van der Waals surface area contributed by atoms with Gasteiger partial charge in [-0.1, -0.05) is 0 Å². The Labute approximate surface area is 128 Å². The Bertz CT molecular complexity index is 577. The van der Waals surface area contributed by atoms with Gasteiger partial charge in [0.15, 0.2) is 0 Å². The third-order valence-electron chi connectivity index (χ3n) is 3.74. The first-order valence-corrected chi connectivity index (χ1v) is 8.16. The van der Waals surface area contributed by atoms with Crippen LogP contribution in [0.3, 0.4) is 0 Å². The summed E-state index contributed by atoms with van der Waals surface area (Å²) in [5.74, 6) is 0.832. The predicted molar refractivity (Wildman–Crippen MR) is 86.3 cm³/mol. The van der Waals surface area contributed by atoms with Crippen molar-refractivity contribution in [1.29, 1.82) is 0 Å². The molecule has 0 aromatic heterocycles. The molecule has 1 aromatic rings. The van der Waals surface area contributed by atoms with E-state index in [1.165, 1.54) is 0 Å². The molecular formula is C14H19N3O3S. The molecule has 1 aromatic carbocycles. The first-order chi connectivity index (χ1) is 9.93. The fourth-order valence-corrected chi connectivity index (χ4v) is 3.13. The second kappa shape index (κ2) is 6.34. The molecule has 2 rings (SSSR count). The summed E-state index contributed by atoms with van der Waals surface area (Å²) in [6.45, 7) is 2.03. The maximum Gasteiger partial charge on any atom is 0.292 e. The minimum atomic E-state index is -0.353. The zero-order valence-electron chi connectivity index (χ0n) is 12.4. The summed E-state index contributed by atoms with van der Waals surface area (Å²) in [6.07, 6.45) is 2.93. The van der Waals surface area contributed by atoms with Gasteiger partial charge >= 0.3 is 0 Å². The van der Waals surface area contributed by atoms with Crippen molar-refractivity contribution in [3.8, 4) is 0 Å². The van der Waals surface area contributed by atoms with Gasteiger partial charge in [-0.05, 0) is 31.2 Å². The van der Waals surface area contributed by atoms with Gasteiger partial charge in [-0.25, -0.2) is 0 Å². The van der Waals surface area contributed by atoms with Crippen LogP contribution in [0.2, 0.25) is 0 Å². The first kappa shape index (κ1) is 15.6. The van der Waals surface area contributed by atoms with Crippen molar-refractivity contribution in [2.45, 2.75) is 25.8 Å². The van der Waals surface area contributed by atoms with Gasteiger partial charge in [0, 0.05) is 37.0 Å². The number of amides is 1. The fourth-order valence-electron chi connectivity index (χ4n) is 2.42. The van der Waals surface area contributed by atoms with Crippen LogP contribution < -0.4 is 10.2 Å². The van der Waals surface area contributed by atoms with E-state index >= 15 is 0 Å². The van der Waals surface area contributed by atoms with E-state index in [1.54, 1.807) is 23.9 Å². The summed E-state index contributed by atoms with van der Waals surface area (Å²) in [6, 6.07) is 3.48. The van der Waals surface area contributed by atoms with E-state index < -0.39 is 0 Å². The van der Waals surface area contributed by atoms with Crippen molar-refractivity contribution in [2.24, 2.45) is 0 Å². The molecule has 1 aliphatic heterocycles. The smallest absolute Gasteiger partial charge is 0.292 e. The largest absolute Gasteiger partial charge is 0.365 e. The van der Waals surface area contributed by atoms with Crippen LogP contribution in [0.4, 0.5) is 17.1 Å². The summed E-state index contributed by atoms with van der Waals surface area (Å²) in [7, 11) is 1.85. The van der Waals surface area contributed by atoms with Gasteiger partial charge in [0.1, 0.15) is 5.69 Å². The highest BCUT2D eigenvalue weighted by atomic mass is 32.2. The van der Waals surface area contributed by atoms with Crippen LogP contribution >= 0.6 is 11.8 Å². The van der Waals surface area contributed by atoms with E-state index in [2.05, 4.69) is 5.32 Å². The third-order valence-corrected chi connectivity index (χ3v) is 4.56. The number of nitro benzene ring substituents is 1. The lowest BCUT2D eigenvalue weighted by Crippen LogP contribution is -2.31. The Morgan fingerprint density at radius 2 is 2.19 bits per heavy atom. The van der Waals surface area contributed by atoms with Crippen LogP contribution in [-0.2, 0) is 11.2 Å². The summed E-state index contributed by atoms with van der Waals surface area (Å²) in [4.78, 5) is 24.4. The number of nitrogens with zero attached hydrogens (tertiary/aromatic N) is 2. The molecule has 0 radical (unpaired) electrons. The number of aryl methyl sites for hydroxylation is 1. The standard InChI is InChI=1S/C14H19N3O3S/c1-9(8-21-3)16(2)12-7-11-10(4-5-14(18)15-11)6-13(12)17(19)20/h6-7,9H,4-5,8H2,1-3H3,(H,15,18). The second-order valence-corrected chi connectivity index (χ2v) is 6.13. The third kappa shape index (κ3) is 3.29. The lowest BCUT2D eigenvalue weighted by atomic mass is 10.0. The number of carbonyl (C=O) groups excluding carboxylic acids is 1. The van der Waals surface area contributed by atoms with Gasteiger partial charge in [-0.3, -0.25) is 14.9 Å². The monoisotopic (exact) mass is 309 g/mol. The highest BCUT2D eigenvalue weighted by molar-refractivity contribution is 7.98. The highest BCUT2D eigenvalue weighted by Gasteiger charge is 2.25. The van der Waals surface area contributed by atoms with E-state index in [9.17, 15) is 14.9 Å². The SMILES string of the molecule is CSCC(C)N(C)c1cc2c(cc1[N+](=O)[O-])CCC(=O)N2. The molecule has 6 nitrogen and oxygen atoms in total. The summed E-state index contributed by atoms with van der Waals surface area (Å²) in [5.41, 5.74) is 2.16. The summed E-state index contributed by atoms with van der Waals surface area (Å²) >= 11 is 1.69. The topological polar surface area (TPSA) is 75.5 Å². The second-order valence-electron chi connectivity index (χ2n) is 5.22. The number of benzene rings is 1. The van der Waals surface area contributed by atoms with E-state index in [-0.39, 0.29) is 22.6 Å². The molecule has 0 saturated heterocycles. The van der Waals surface area contributed by atoms with Crippen LogP contribution in [0.5, 0.6) is 0 Å². The number of carbonyl (C=O) groups is 1. The lowest BCUT2D eigenvalue weighted by molar-refractivity contribution is -0.384. The molecule has 0 saturated carbocycles. The van der Waals surface area contributed by atoms with Gasteiger partial charge in [-0.2, -0.15) is 11.8 Å². The fraction of sp³-hybridized carbons (Fsp3) is 0.500. The van der Waals surface area contributed by atoms with Crippen molar-refractivity contribution in [3.63, 3.8) is 0 Å². The average molecular weight is 309 g/mol. The number of thioether (sulfide) groups is 1. The molecule has 1 unspecified atom stereocenters. The molecule has 1 heterocycles. The van der Waals surface area contributed by atoms with Crippen LogP contribution in [0.1, 0.15) is 18.9 Å². The Morgan fingerprint density at radius 3 is 2.81 bits per heavy atom. The Morgan fingerprint density at radius 1 is 1.48 bits per heavy atom. The van der Waals surface area contributed by atoms with E-state index in [0.29, 0.717) is 24.2 Å². The molecule has 0 aliphatic carbocycles. The zero-order chi connectivity index (χ0) is 15.6. The summed E-state index contributed by atoms with van der Waals surface area (Å²) in [5, 5.41) is 14.1. The molecule has 0 spiro atoms. The zero-order valence-corrected chi connectivity index (χ0v) is 13.2. The van der Waals surface area contributed by atoms with Crippen LogP contribution in [0.25, 0.3) is 0 Å². The van der Waals surface area contributed by atoms with Crippen molar-refractivity contribution >= 4 is 34.7 Å². The lowest BCUT2D eigenvalue weighted by Gasteiger charge is -2.28. The van der Waals surface area contributed by atoms with Gasteiger partial charge in [0.05, 0.1) is 4.92 Å². The average Bonchev–Trinajstić information content (AvgIpc) is 2.45. The minimum absolute atomic E-state index is 0.0397. The van der Waals surface area contributed by atoms with E-state index in [1.807, 2.05) is 25.1 Å². The number of fused-ring (bicyclic) bond motifs is 1. The maximum absolute atomic E-state index is 11.5. The normalized spacial score (nSPS) is 15.1.